The number of aromatic amines is 1. The third-order valence-electron chi connectivity index (χ3n) is 4.84. The lowest BCUT2D eigenvalue weighted by molar-refractivity contribution is -0.131. The van der Waals surface area contributed by atoms with Crippen LogP contribution in [-0.2, 0) is 24.2 Å². The normalized spacial score (nSPS) is 13.6. The van der Waals surface area contributed by atoms with Gasteiger partial charge in [-0.1, -0.05) is 24.3 Å². The molecule has 0 saturated heterocycles. The molecule has 0 aliphatic carbocycles. The van der Waals surface area contributed by atoms with E-state index < -0.39 is 0 Å². The van der Waals surface area contributed by atoms with Crippen molar-refractivity contribution in [2.24, 2.45) is 0 Å². The molecule has 0 radical (unpaired) electrons. The van der Waals surface area contributed by atoms with E-state index in [1.165, 1.54) is 0 Å². The van der Waals surface area contributed by atoms with Gasteiger partial charge in [0, 0.05) is 48.7 Å². The summed E-state index contributed by atoms with van der Waals surface area (Å²) in [5.41, 5.74) is 6.46. The van der Waals surface area contributed by atoms with Crippen molar-refractivity contribution >= 4 is 5.91 Å². The minimum atomic E-state index is 0.168. The fourth-order valence-electron chi connectivity index (χ4n) is 3.34. The van der Waals surface area contributed by atoms with Gasteiger partial charge in [-0.25, -0.2) is 0 Å². The molecule has 0 bridgehead atoms. The van der Waals surface area contributed by atoms with Gasteiger partial charge in [0.25, 0.3) is 0 Å². The van der Waals surface area contributed by atoms with Crippen LogP contribution in [0.25, 0.3) is 11.3 Å². The number of amides is 1. The first-order chi connectivity index (χ1) is 12.2. The summed E-state index contributed by atoms with van der Waals surface area (Å²) in [5, 5.41) is 7.60. The van der Waals surface area contributed by atoms with Crippen molar-refractivity contribution < 1.29 is 4.79 Å². The highest BCUT2D eigenvalue weighted by atomic mass is 16.2. The van der Waals surface area contributed by atoms with Gasteiger partial charge in [-0.3, -0.25) is 14.9 Å². The van der Waals surface area contributed by atoms with Crippen LogP contribution >= 0.6 is 0 Å². The summed E-state index contributed by atoms with van der Waals surface area (Å²) in [7, 11) is 0. The fourth-order valence-corrected chi connectivity index (χ4v) is 3.34. The molecule has 1 aromatic carbocycles. The summed E-state index contributed by atoms with van der Waals surface area (Å²) < 4.78 is 0. The predicted octanol–water partition coefficient (Wildman–Crippen LogP) is 2.91. The lowest BCUT2D eigenvalue weighted by Crippen LogP contribution is -2.37. The second-order valence-corrected chi connectivity index (χ2v) is 6.43. The van der Waals surface area contributed by atoms with Gasteiger partial charge >= 0.3 is 0 Å². The molecule has 1 N–H and O–H groups in total. The van der Waals surface area contributed by atoms with Crippen LogP contribution < -0.4 is 0 Å². The zero-order valence-corrected chi connectivity index (χ0v) is 14.2. The van der Waals surface area contributed by atoms with Crippen LogP contribution in [0.1, 0.15) is 22.4 Å². The number of aromatic nitrogens is 3. The van der Waals surface area contributed by atoms with Crippen molar-refractivity contribution in [1.29, 1.82) is 0 Å². The van der Waals surface area contributed by atoms with Crippen molar-refractivity contribution in [2.75, 3.05) is 6.54 Å². The summed E-state index contributed by atoms with van der Waals surface area (Å²) in [6.07, 6.45) is 4.79. The van der Waals surface area contributed by atoms with Crippen LogP contribution in [0.4, 0.5) is 0 Å². The van der Waals surface area contributed by atoms with E-state index in [4.69, 9.17) is 0 Å². The zero-order chi connectivity index (χ0) is 17.2. The van der Waals surface area contributed by atoms with Crippen molar-refractivity contribution in [3.63, 3.8) is 0 Å². The molecule has 0 atom stereocenters. The molecule has 5 nitrogen and oxygen atoms in total. The standard InChI is InChI=1S/C20H20N4O/c1-14-4-2-3-5-16(14)12-19(25)24-11-8-18-17(13-24)20(23-22-18)15-6-9-21-10-7-15/h2-7,9-10H,8,11-13H2,1H3,(H,22,23). The molecule has 0 saturated carbocycles. The maximum atomic E-state index is 12.8. The molecule has 0 spiro atoms. The highest BCUT2D eigenvalue weighted by Crippen LogP contribution is 2.28. The lowest BCUT2D eigenvalue weighted by Gasteiger charge is -2.27. The third-order valence-corrected chi connectivity index (χ3v) is 4.84. The Morgan fingerprint density at radius 2 is 2.00 bits per heavy atom. The molecule has 5 heteroatoms. The van der Waals surface area contributed by atoms with Crippen LogP contribution in [0, 0.1) is 6.92 Å². The first-order valence-electron chi connectivity index (χ1n) is 8.51. The van der Waals surface area contributed by atoms with E-state index >= 15 is 0 Å². The summed E-state index contributed by atoms with van der Waals surface area (Å²) in [5.74, 6) is 0.168. The van der Waals surface area contributed by atoms with Crippen molar-refractivity contribution in [3.05, 3.63) is 71.2 Å². The molecule has 1 aliphatic heterocycles. The molecule has 2 aromatic heterocycles. The second kappa shape index (κ2) is 6.51. The number of H-pyrrole nitrogens is 1. The fraction of sp³-hybridized carbons (Fsp3) is 0.250. The summed E-state index contributed by atoms with van der Waals surface area (Å²) in [6, 6.07) is 12.0. The number of fused-ring (bicyclic) bond motifs is 1. The number of carbonyl (C=O) groups excluding carboxylic acids is 1. The van der Waals surface area contributed by atoms with Crippen molar-refractivity contribution in [3.8, 4) is 11.3 Å². The van der Waals surface area contributed by atoms with Gasteiger partial charge in [0.1, 0.15) is 0 Å². The van der Waals surface area contributed by atoms with Crippen LogP contribution in [0.3, 0.4) is 0 Å². The Balaban J connectivity index is 1.56. The van der Waals surface area contributed by atoms with Gasteiger partial charge < -0.3 is 4.90 Å². The topological polar surface area (TPSA) is 61.9 Å². The number of nitrogens with one attached hydrogen (secondary N) is 1. The molecule has 1 aliphatic rings. The van der Waals surface area contributed by atoms with Gasteiger partial charge in [0.15, 0.2) is 0 Å². The monoisotopic (exact) mass is 332 g/mol. The number of pyridine rings is 1. The smallest absolute Gasteiger partial charge is 0.227 e. The third kappa shape index (κ3) is 3.05. The van der Waals surface area contributed by atoms with E-state index in [9.17, 15) is 4.79 Å². The van der Waals surface area contributed by atoms with Crippen molar-refractivity contribution in [1.82, 2.24) is 20.1 Å². The highest BCUT2D eigenvalue weighted by molar-refractivity contribution is 5.80. The maximum absolute atomic E-state index is 12.8. The average molecular weight is 332 g/mol. The summed E-state index contributed by atoms with van der Waals surface area (Å²) in [4.78, 5) is 18.8. The number of rotatable bonds is 3. The quantitative estimate of drug-likeness (QED) is 0.802. The molecule has 0 fully saturated rings. The SMILES string of the molecule is Cc1ccccc1CC(=O)N1CCc2[nH]nc(-c3ccncc3)c2C1. The first-order valence-corrected chi connectivity index (χ1v) is 8.51. The van der Waals surface area contributed by atoms with E-state index in [2.05, 4.69) is 28.2 Å². The summed E-state index contributed by atoms with van der Waals surface area (Å²) in [6.45, 7) is 3.39. The molecular weight excluding hydrogens is 312 g/mol. The average Bonchev–Trinajstić information content (AvgIpc) is 3.07. The Hall–Kier alpha value is -2.95. The van der Waals surface area contributed by atoms with E-state index in [1.807, 2.05) is 35.2 Å². The Bertz CT molecular complexity index is 901. The van der Waals surface area contributed by atoms with Crippen LogP contribution in [0.2, 0.25) is 0 Å². The van der Waals surface area contributed by atoms with Crippen LogP contribution in [-0.4, -0.2) is 32.5 Å². The molecule has 4 rings (SSSR count). The van der Waals surface area contributed by atoms with Crippen LogP contribution in [0.15, 0.2) is 48.8 Å². The Kier molecular flexibility index (Phi) is 4.06. The lowest BCUT2D eigenvalue weighted by atomic mass is 10.00. The molecule has 3 aromatic rings. The molecule has 0 unspecified atom stereocenters. The van der Waals surface area contributed by atoms with Crippen LogP contribution in [0.5, 0.6) is 0 Å². The number of carbonyl (C=O) groups is 1. The minimum absolute atomic E-state index is 0.168. The predicted molar refractivity (Wildman–Crippen MR) is 95.8 cm³/mol. The number of aryl methyl sites for hydroxylation is 1. The Labute approximate surface area is 146 Å². The van der Waals surface area contributed by atoms with E-state index in [1.54, 1.807) is 12.4 Å². The highest BCUT2D eigenvalue weighted by Gasteiger charge is 2.25. The van der Waals surface area contributed by atoms with Gasteiger partial charge in [-0.2, -0.15) is 5.10 Å². The number of nitrogens with zero attached hydrogens (tertiary/aromatic N) is 3. The van der Waals surface area contributed by atoms with E-state index in [0.29, 0.717) is 13.0 Å². The number of hydrogen-bond acceptors (Lipinski definition) is 3. The molecule has 1 amide bonds. The van der Waals surface area contributed by atoms with E-state index in [-0.39, 0.29) is 5.91 Å². The van der Waals surface area contributed by atoms with Gasteiger partial charge in [-0.15, -0.1) is 0 Å². The second-order valence-electron chi connectivity index (χ2n) is 6.43. The molecular formula is C20H20N4O. The van der Waals surface area contributed by atoms with Crippen molar-refractivity contribution in [2.45, 2.75) is 26.3 Å². The van der Waals surface area contributed by atoms with Gasteiger partial charge in [0.05, 0.1) is 12.1 Å². The van der Waals surface area contributed by atoms with E-state index in [0.717, 1.165) is 46.6 Å². The minimum Gasteiger partial charge on any atom is -0.338 e. The molecule has 126 valence electrons. The molecule has 25 heavy (non-hydrogen) atoms. The number of benzene rings is 1. The van der Waals surface area contributed by atoms with Gasteiger partial charge in [-0.05, 0) is 30.2 Å². The number of hydrogen-bond donors (Lipinski definition) is 1. The molecule has 3 heterocycles. The largest absolute Gasteiger partial charge is 0.338 e. The zero-order valence-electron chi connectivity index (χ0n) is 14.2. The Morgan fingerprint density at radius 3 is 2.80 bits per heavy atom. The summed E-state index contributed by atoms with van der Waals surface area (Å²) >= 11 is 0. The first kappa shape index (κ1) is 15.6. The van der Waals surface area contributed by atoms with Gasteiger partial charge in [0.2, 0.25) is 5.91 Å². The maximum Gasteiger partial charge on any atom is 0.227 e. The Morgan fingerprint density at radius 1 is 1.20 bits per heavy atom.